The number of nitrogens with zero attached hydrogens (tertiary/aromatic N) is 3. The molecule has 2 heterocycles. The van der Waals surface area contributed by atoms with E-state index in [2.05, 4.69) is 16.8 Å². The van der Waals surface area contributed by atoms with E-state index in [4.69, 9.17) is 0 Å². The number of fused-ring (bicyclic) bond motifs is 1. The lowest BCUT2D eigenvalue weighted by atomic mass is 10.2. The topological polar surface area (TPSA) is 53.5 Å². The van der Waals surface area contributed by atoms with Gasteiger partial charge in [-0.15, -0.1) is 0 Å². The Hall–Kier alpha value is -1.50. The van der Waals surface area contributed by atoms with Crippen LogP contribution in [0.5, 0.6) is 0 Å². The second kappa shape index (κ2) is 8.93. The molecule has 0 bridgehead atoms. The van der Waals surface area contributed by atoms with Crippen LogP contribution in [0.1, 0.15) is 39.0 Å². The SMILES string of the molecule is CCCCCCN1CCCN(S(=O)(=O)c2cccc3cnccc23)CC1. The summed E-state index contributed by atoms with van der Waals surface area (Å²) >= 11 is 0. The highest BCUT2D eigenvalue weighted by Crippen LogP contribution is 2.26. The van der Waals surface area contributed by atoms with Gasteiger partial charge < -0.3 is 4.90 Å². The molecule has 1 aromatic carbocycles. The number of pyridine rings is 1. The number of aromatic nitrogens is 1. The third-order valence-electron chi connectivity index (χ3n) is 5.13. The third kappa shape index (κ3) is 4.42. The summed E-state index contributed by atoms with van der Waals surface area (Å²) < 4.78 is 28.2. The zero-order chi connectivity index (χ0) is 18.4. The molecule has 2 aromatic rings. The molecule has 0 spiro atoms. The molecule has 26 heavy (non-hydrogen) atoms. The Morgan fingerprint density at radius 3 is 2.77 bits per heavy atom. The van der Waals surface area contributed by atoms with Crippen molar-refractivity contribution in [2.45, 2.75) is 43.9 Å². The van der Waals surface area contributed by atoms with Crippen LogP contribution in [0.4, 0.5) is 0 Å². The van der Waals surface area contributed by atoms with E-state index in [1.54, 1.807) is 34.9 Å². The van der Waals surface area contributed by atoms with Gasteiger partial charge in [-0.3, -0.25) is 4.98 Å². The van der Waals surface area contributed by atoms with Crippen molar-refractivity contribution in [1.82, 2.24) is 14.2 Å². The lowest BCUT2D eigenvalue weighted by Gasteiger charge is -2.22. The average Bonchev–Trinajstić information content (AvgIpc) is 2.91. The van der Waals surface area contributed by atoms with Crippen LogP contribution < -0.4 is 0 Å². The number of benzene rings is 1. The standard InChI is InChI=1S/C20H29N3O2S/c1-2-3-4-5-12-22-13-7-14-23(16-15-22)26(24,25)20-9-6-8-18-17-21-11-10-19(18)20/h6,8-11,17H,2-5,7,12-16H2,1H3. The van der Waals surface area contributed by atoms with Gasteiger partial charge in [0.05, 0.1) is 4.90 Å². The molecule has 0 N–H and O–H groups in total. The van der Waals surface area contributed by atoms with Gasteiger partial charge >= 0.3 is 0 Å². The lowest BCUT2D eigenvalue weighted by Crippen LogP contribution is -2.35. The zero-order valence-electron chi connectivity index (χ0n) is 15.6. The van der Waals surface area contributed by atoms with Crippen molar-refractivity contribution >= 4 is 20.8 Å². The van der Waals surface area contributed by atoms with Crippen molar-refractivity contribution in [3.63, 3.8) is 0 Å². The van der Waals surface area contributed by atoms with Crippen molar-refractivity contribution in [3.8, 4) is 0 Å². The van der Waals surface area contributed by atoms with Gasteiger partial charge in [-0.05, 0) is 38.1 Å². The summed E-state index contributed by atoms with van der Waals surface area (Å²) in [5, 5.41) is 1.61. The number of unbranched alkanes of at least 4 members (excludes halogenated alkanes) is 3. The maximum Gasteiger partial charge on any atom is 0.243 e. The minimum atomic E-state index is -3.49. The van der Waals surface area contributed by atoms with Gasteiger partial charge in [-0.1, -0.05) is 38.3 Å². The van der Waals surface area contributed by atoms with Crippen molar-refractivity contribution in [2.24, 2.45) is 0 Å². The van der Waals surface area contributed by atoms with Crippen LogP contribution in [0.15, 0.2) is 41.6 Å². The number of rotatable bonds is 7. The molecule has 142 valence electrons. The first-order valence-electron chi connectivity index (χ1n) is 9.68. The van der Waals surface area contributed by atoms with Crippen molar-refractivity contribution in [1.29, 1.82) is 0 Å². The highest BCUT2D eigenvalue weighted by atomic mass is 32.2. The van der Waals surface area contributed by atoms with Crippen LogP contribution in [-0.4, -0.2) is 55.3 Å². The Bertz CT molecular complexity index is 817. The molecule has 0 saturated carbocycles. The smallest absolute Gasteiger partial charge is 0.243 e. The molecule has 1 aliphatic rings. The fraction of sp³-hybridized carbons (Fsp3) is 0.550. The lowest BCUT2D eigenvalue weighted by molar-refractivity contribution is 0.279. The number of sulfonamides is 1. The molecule has 0 unspecified atom stereocenters. The summed E-state index contributed by atoms with van der Waals surface area (Å²) in [7, 11) is -3.49. The van der Waals surface area contributed by atoms with E-state index >= 15 is 0 Å². The Morgan fingerprint density at radius 2 is 1.92 bits per heavy atom. The first kappa shape index (κ1) is 19.3. The molecule has 1 fully saturated rings. The molecule has 5 nitrogen and oxygen atoms in total. The molecule has 0 amide bonds. The Balaban J connectivity index is 1.72. The summed E-state index contributed by atoms with van der Waals surface area (Å²) in [6, 6.07) is 7.21. The molecule has 3 rings (SSSR count). The normalized spacial score (nSPS) is 17.4. The van der Waals surface area contributed by atoms with Crippen molar-refractivity contribution < 1.29 is 8.42 Å². The largest absolute Gasteiger partial charge is 0.302 e. The monoisotopic (exact) mass is 375 g/mol. The summed E-state index contributed by atoms with van der Waals surface area (Å²) in [6.07, 6.45) is 9.25. The molecule has 6 heteroatoms. The fourth-order valence-corrected chi connectivity index (χ4v) is 5.31. The predicted molar refractivity (Wildman–Crippen MR) is 106 cm³/mol. The fourth-order valence-electron chi connectivity index (χ4n) is 3.63. The third-order valence-corrected chi connectivity index (χ3v) is 7.09. The van der Waals surface area contributed by atoms with Gasteiger partial charge in [0, 0.05) is 42.8 Å². The minimum absolute atomic E-state index is 0.397. The van der Waals surface area contributed by atoms with Gasteiger partial charge in [0.15, 0.2) is 0 Å². The molecule has 0 aliphatic carbocycles. The maximum absolute atomic E-state index is 13.2. The number of hydrogen-bond acceptors (Lipinski definition) is 4. The molecule has 1 aliphatic heterocycles. The maximum atomic E-state index is 13.2. The Morgan fingerprint density at radius 1 is 1.04 bits per heavy atom. The van der Waals surface area contributed by atoms with Crippen LogP contribution in [0.3, 0.4) is 0 Å². The first-order chi connectivity index (χ1) is 12.6. The van der Waals surface area contributed by atoms with Gasteiger partial charge in [-0.2, -0.15) is 4.31 Å². The quantitative estimate of drug-likeness (QED) is 0.695. The molecular weight excluding hydrogens is 346 g/mol. The van der Waals surface area contributed by atoms with E-state index in [1.807, 2.05) is 6.07 Å². The van der Waals surface area contributed by atoms with E-state index in [9.17, 15) is 8.42 Å². The summed E-state index contributed by atoms with van der Waals surface area (Å²) in [6.45, 7) is 6.26. The Kier molecular flexibility index (Phi) is 6.62. The van der Waals surface area contributed by atoms with Crippen LogP contribution in [0.25, 0.3) is 10.8 Å². The molecule has 0 radical (unpaired) electrons. The van der Waals surface area contributed by atoms with Gasteiger partial charge in [0.25, 0.3) is 0 Å². The van der Waals surface area contributed by atoms with Crippen LogP contribution >= 0.6 is 0 Å². The predicted octanol–water partition coefficient (Wildman–Crippen LogP) is 3.51. The average molecular weight is 376 g/mol. The van der Waals surface area contributed by atoms with Crippen LogP contribution in [0, 0.1) is 0 Å². The van der Waals surface area contributed by atoms with E-state index in [-0.39, 0.29) is 0 Å². The van der Waals surface area contributed by atoms with E-state index in [0.717, 1.165) is 36.8 Å². The highest BCUT2D eigenvalue weighted by molar-refractivity contribution is 7.89. The zero-order valence-corrected chi connectivity index (χ0v) is 16.4. The van der Waals surface area contributed by atoms with E-state index < -0.39 is 10.0 Å². The minimum Gasteiger partial charge on any atom is -0.302 e. The number of hydrogen-bond donors (Lipinski definition) is 0. The van der Waals surface area contributed by atoms with Gasteiger partial charge in [-0.25, -0.2) is 8.42 Å². The van der Waals surface area contributed by atoms with Crippen molar-refractivity contribution in [3.05, 3.63) is 36.7 Å². The second-order valence-electron chi connectivity index (χ2n) is 7.01. The highest BCUT2D eigenvalue weighted by Gasteiger charge is 2.28. The van der Waals surface area contributed by atoms with Crippen molar-refractivity contribution in [2.75, 3.05) is 32.7 Å². The summed E-state index contributed by atoms with van der Waals surface area (Å²) in [4.78, 5) is 6.91. The second-order valence-corrected chi connectivity index (χ2v) is 8.92. The summed E-state index contributed by atoms with van der Waals surface area (Å²) in [5.74, 6) is 0. The van der Waals surface area contributed by atoms with Crippen LogP contribution in [0.2, 0.25) is 0 Å². The molecular formula is C20H29N3O2S. The van der Waals surface area contributed by atoms with Crippen LogP contribution in [-0.2, 0) is 10.0 Å². The summed E-state index contributed by atoms with van der Waals surface area (Å²) in [5.41, 5.74) is 0. The van der Waals surface area contributed by atoms with Gasteiger partial charge in [0.1, 0.15) is 0 Å². The van der Waals surface area contributed by atoms with E-state index in [0.29, 0.717) is 18.0 Å². The van der Waals surface area contributed by atoms with E-state index in [1.165, 1.54) is 25.7 Å². The molecule has 0 atom stereocenters. The first-order valence-corrected chi connectivity index (χ1v) is 11.1. The van der Waals surface area contributed by atoms with Gasteiger partial charge in [0.2, 0.25) is 10.0 Å². The Labute approximate surface area is 157 Å². The molecule has 1 saturated heterocycles. The molecule has 1 aromatic heterocycles.